The van der Waals surface area contributed by atoms with Crippen LogP contribution >= 0.6 is 0 Å². The summed E-state index contributed by atoms with van der Waals surface area (Å²) in [4.78, 5) is 19.7. The minimum absolute atomic E-state index is 0.0919. The van der Waals surface area contributed by atoms with Crippen LogP contribution in [0.15, 0.2) is 30.5 Å². The van der Waals surface area contributed by atoms with Crippen molar-refractivity contribution in [1.29, 1.82) is 0 Å². The standard InChI is InChI=1S/C22H29N3O2/c1-2-3-4-5-6-7-8-17-9-14-21-19(15-17)16-23-22(24-21)18-10-12-20(13-11-18)25(26)27/h10-13,16-17H,2-9,14-15H2,1H3. The van der Waals surface area contributed by atoms with Crippen molar-refractivity contribution in [2.75, 3.05) is 0 Å². The quantitative estimate of drug-likeness (QED) is 0.314. The predicted molar refractivity (Wildman–Crippen MR) is 108 cm³/mol. The van der Waals surface area contributed by atoms with E-state index in [1.165, 1.54) is 69.1 Å². The summed E-state index contributed by atoms with van der Waals surface area (Å²) in [6.45, 7) is 2.26. The Hall–Kier alpha value is -2.30. The Morgan fingerprint density at radius 3 is 2.59 bits per heavy atom. The zero-order valence-electron chi connectivity index (χ0n) is 16.2. The molecule has 2 aromatic rings. The van der Waals surface area contributed by atoms with E-state index in [-0.39, 0.29) is 10.6 Å². The fourth-order valence-corrected chi connectivity index (χ4v) is 3.91. The summed E-state index contributed by atoms with van der Waals surface area (Å²) in [6, 6.07) is 6.47. The number of hydrogen-bond acceptors (Lipinski definition) is 4. The maximum atomic E-state index is 10.8. The number of nitro benzene ring substituents is 1. The highest BCUT2D eigenvalue weighted by Gasteiger charge is 2.20. The number of aryl methyl sites for hydroxylation is 1. The number of nitrogens with zero attached hydrogens (tertiary/aromatic N) is 3. The molecular weight excluding hydrogens is 338 g/mol. The van der Waals surface area contributed by atoms with Crippen LogP contribution in [0, 0.1) is 16.0 Å². The van der Waals surface area contributed by atoms with Crippen LogP contribution in [-0.2, 0) is 12.8 Å². The second kappa shape index (κ2) is 9.58. The van der Waals surface area contributed by atoms with Crippen LogP contribution in [0.4, 0.5) is 5.69 Å². The molecule has 27 heavy (non-hydrogen) atoms. The van der Waals surface area contributed by atoms with Crippen molar-refractivity contribution in [2.24, 2.45) is 5.92 Å². The molecule has 1 atom stereocenters. The molecule has 0 N–H and O–H groups in total. The molecular formula is C22H29N3O2. The van der Waals surface area contributed by atoms with Gasteiger partial charge < -0.3 is 0 Å². The second-order valence-electron chi connectivity index (χ2n) is 7.63. The number of fused-ring (bicyclic) bond motifs is 1. The van der Waals surface area contributed by atoms with E-state index in [2.05, 4.69) is 11.9 Å². The number of benzene rings is 1. The molecule has 0 saturated carbocycles. The zero-order chi connectivity index (χ0) is 19.1. The summed E-state index contributed by atoms with van der Waals surface area (Å²) >= 11 is 0. The molecule has 0 fully saturated rings. The Balaban J connectivity index is 1.55. The Morgan fingerprint density at radius 1 is 1.11 bits per heavy atom. The van der Waals surface area contributed by atoms with Gasteiger partial charge in [-0.1, -0.05) is 51.9 Å². The van der Waals surface area contributed by atoms with Crippen molar-refractivity contribution in [2.45, 2.75) is 71.1 Å². The summed E-state index contributed by atoms with van der Waals surface area (Å²) in [7, 11) is 0. The summed E-state index contributed by atoms with van der Waals surface area (Å²) in [5, 5.41) is 10.8. The lowest BCUT2D eigenvalue weighted by molar-refractivity contribution is -0.384. The van der Waals surface area contributed by atoms with Gasteiger partial charge in [-0.05, 0) is 42.9 Å². The van der Waals surface area contributed by atoms with Crippen LogP contribution in [0.5, 0.6) is 0 Å². The molecule has 1 aliphatic rings. The summed E-state index contributed by atoms with van der Waals surface area (Å²) < 4.78 is 0. The molecule has 0 bridgehead atoms. The third kappa shape index (κ3) is 5.34. The molecule has 5 heteroatoms. The maximum Gasteiger partial charge on any atom is 0.269 e. The number of nitro groups is 1. The van der Waals surface area contributed by atoms with E-state index in [0.717, 1.165) is 30.0 Å². The predicted octanol–water partition coefficient (Wildman–Crippen LogP) is 5.91. The van der Waals surface area contributed by atoms with Crippen LogP contribution in [0.3, 0.4) is 0 Å². The highest BCUT2D eigenvalue weighted by molar-refractivity contribution is 5.57. The molecule has 0 saturated heterocycles. The summed E-state index contributed by atoms with van der Waals surface area (Å²) in [6.07, 6.45) is 14.7. The highest BCUT2D eigenvalue weighted by Crippen LogP contribution is 2.29. The number of rotatable bonds is 9. The molecule has 1 aliphatic carbocycles. The largest absolute Gasteiger partial charge is 0.269 e. The van der Waals surface area contributed by atoms with E-state index in [0.29, 0.717) is 5.82 Å². The van der Waals surface area contributed by atoms with Crippen LogP contribution in [0.25, 0.3) is 11.4 Å². The smallest absolute Gasteiger partial charge is 0.258 e. The molecule has 144 valence electrons. The van der Waals surface area contributed by atoms with Gasteiger partial charge in [-0.25, -0.2) is 9.97 Å². The lowest BCUT2D eigenvalue weighted by Crippen LogP contribution is -2.16. The number of unbranched alkanes of at least 4 members (excludes halogenated alkanes) is 5. The Labute approximate surface area is 161 Å². The van der Waals surface area contributed by atoms with E-state index in [1.807, 2.05) is 6.20 Å². The average Bonchev–Trinajstić information content (AvgIpc) is 2.70. The number of aromatic nitrogens is 2. The fraction of sp³-hybridized carbons (Fsp3) is 0.545. The first-order valence-corrected chi connectivity index (χ1v) is 10.3. The highest BCUT2D eigenvalue weighted by atomic mass is 16.6. The fourth-order valence-electron chi connectivity index (χ4n) is 3.91. The van der Waals surface area contributed by atoms with Gasteiger partial charge in [0.25, 0.3) is 5.69 Å². The molecule has 1 aromatic heterocycles. The van der Waals surface area contributed by atoms with Gasteiger partial charge in [-0.2, -0.15) is 0 Å². The number of non-ortho nitro benzene ring substituents is 1. The molecule has 3 rings (SSSR count). The van der Waals surface area contributed by atoms with Crippen molar-refractivity contribution >= 4 is 5.69 Å². The molecule has 1 aromatic carbocycles. The van der Waals surface area contributed by atoms with Crippen molar-refractivity contribution in [3.8, 4) is 11.4 Å². The molecule has 0 amide bonds. The van der Waals surface area contributed by atoms with E-state index in [1.54, 1.807) is 12.1 Å². The molecule has 1 heterocycles. The third-order valence-electron chi connectivity index (χ3n) is 5.55. The summed E-state index contributed by atoms with van der Waals surface area (Å²) in [5.74, 6) is 1.43. The Kier molecular flexibility index (Phi) is 6.91. The zero-order valence-corrected chi connectivity index (χ0v) is 16.2. The van der Waals surface area contributed by atoms with Gasteiger partial charge in [0.2, 0.25) is 0 Å². The van der Waals surface area contributed by atoms with E-state index < -0.39 is 0 Å². The Bertz CT molecular complexity index is 759. The number of hydrogen-bond donors (Lipinski definition) is 0. The monoisotopic (exact) mass is 367 g/mol. The maximum absolute atomic E-state index is 10.8. The van der Waals surface area contributed by atoms with Crippen LogP contribution in [0.1, 0.15) is 69.5 Å². The lowest BCUT2D eigenvalue weighted by atomic mass is 9.84. The molecule has 0 spiro atoms. The van der Waals surface area contributed by atoms with Crippen molar-refractivity contribution < 1.29 is 4.92 Å². The van der Waals surface area contributed by atoms with Gasteiger partial charge in [-0.15, -0.1) is 0 Å². The first-order chi connectivity index (χ1) is 13.2. The molecule has 0 aliphatic heterocycles. The normalized spacial score (nSPS) is 16.1. The minimum atomic E-state index is -0.387. The molecule has 5 nitrogen and oxygen atoms in total. The Morgan fingerprint density at radius 2 is 1.85 bits per heavy atom. The summed E-state index contributed by atoms with van der Waals surface area (Å²) in [5.41, 5.74) is 3.35. The van der Waals surface area contributed by atoms with Crippen LogP contribution < -0.4 is 0 Å². The van der Waals surface area contributed by atoms with E-state index in [9.17, 15) is 10.1 Å². The van der Waals surface area contributed by atoms with Crippen molar-refractivity contribution in [3.63, 3.8) is 0 Å². The van der Waals surface area contributed by atoms with Gasteiger partial charge in [0.15, 0.2) is 5.82 Å². The second-order valence-corrected chi connectivity index (χ2v) is 7.63. The van der Waals surface area contributed by atoms with Gasteiger partial charge in [-0.3, -0.25) is 10.1 Å². The van der Waals surface area contributed by atoms with Crippen molar-refractivity contribution in [3.05, 3.63) is 51.8 Å². The van der Waals surface area contributed by atoms with Crippen LogP contribution in [-0.4, -0.2) is 14.9 Å². The van der Waals surface area contributed by atoms with Crippen molar-refractivity contribution in [1.82, 2.24) is 9.97 Å². The first-order valence-electron chi connectivity index (χ1n) is 10.3. The third-order valence-corrected chi connectivity index (χ3v) is 5.55. The van der Waals surface area contributed by atoms with E-state index >= 15 is 0 Å². The van der Waals surface area contributed by atoms with E-state index in [4.69, 9.17) is 4.98 Å². The topological polar surface area (TPSA) is 68.9 Å². The van der Waals surface area contributed by atoms with Gasteiger partial charge in [0, 0.05) is 29.6 Å². The lowest BCUT2D eigenvalue weighted by Gasteiger charge is -2.24. The van der Waals surface area contributed by atoms with Gasteiger partial charge >= 0.3 is 0 Å². The van der Waals surface area contributed by atoms with Gasteiger partial charge in [0.1, 0.15) is 0 Å². The molecule has 0 radical (unpaired) electrons. The first kappa shape index (κ1) is 19.5. The SMILES string of the molecule is CCCCCCCCC1CCc2nc(-c3ccc([N+](=O)[O-])cc3)ncc2C1. The molecule has 1 unspecified atom stereocenters. The minimum Gasteiger partial charge on any atom is -0.258 e. The van der Waals surface area contributed by atoms with Gasteiger partial charge in [0.05, 0.1) is 4.92 Å². The average molecular weight is 367 g/mol. The van der Waals surface area contributed by atoms with Crippen LogP contribution in [0.2, 0.25) is 0 Å².